The van der Waals surface area contributed by atoms with Crippen molar-refractivity contribution < 1.29 is 22.7 Å². The largest absolute Gasteiger partial charge is 0.484 e. The Kier molecular flexibility index (Phi) is 4.85. The molecule has 1 atom stereocenters. The van der Waals surface area contributed by atoms with E-state index in [1.54, 1.807) is 31.3 Å². The van der Waals surface area contributed by atoms with Crippen LogP contribution in [0.4, 0.5) is 0 Å². The number of benzene rings is 1. The molecule has 6 nitrogen and oxygen atoms in total. The van der Waals surface area contributed by atoms with E-state index < -0.39 is 9.84 Å². The molecule has 1 amide bonds. The summed E-state index contributed by atoms with van der Waals surface area (Å²) in [6, 6.07) is 6.25. The van der Waals surface area contributed by atoms with Crippen LogP contribution in [0.3, 0.4) is 0 Å². The molecule has 1 aliphatic heterocycles. The van der Waals surface area contributed by atoms with Gasteiger partial charge in [-0.15, -0.1) is 0 Å². The van der Waals surface area contributed by atoms with Crippen molar-refractivity contribution in [3.8, 4) is 5.75 Å². The fourth-order valence-corrected chi connectivity index (χ4v) is 4.09. The van der Waals surface area contributed by atoms with Crippen molar-refractivity contribution in [1.29, 1.82) is 0 Å². The predicted octanol–water partition coefficient (Wildman–Crippen LogP) is 0.913. The minimum atomic E-state index is -3.02. The Morgan fingerprint density at radius 2 is 1.91 bits per heavy atom. The molecule has 0 radical (unpaired) electrons. The minimum Gasteiger partial charge on any atom is -0.484 e. The highest BCUT2D eigenvalue weighted by atomic mass is 32.2. The van der Waals surface area contributed by atoms with Gasteiger partial charge in [-0.25, -0.2) is 8.42 Å². The smallest absolute Gasteiger partial charge is 0.260 e. The maximum absolute atomic E-state index is 12.0. The van der Waals surface area contributed by atoms with E-state index in [2.05, 4.69) is 0 Å². The van der Waals surface area contributed by atoms with Crippen molar-refractivity contribution in [2.75, 3.05) is 25.2 Å². The summed E-state index contributed by atoms with van der Waals surface area (Å²) in [5.41, 5.74) is 0.576. The Morgan fingerprint density at radius 1 is 1.27 bits per heavy atom. The zero-order chi connectivity index (χ0) is 16.3. The Hall–Kier alpha value is -1.89. The Balaban J connectivity index is 1.88. The molecule has 1 saturated heterocycles. The molecule has 0 bridgehead atoms. The van der Waals surface area contributed by atoms with Gasteiger partial charge in [0, 0.05) is 18.7 Å². The van der Waals surface area contributed by atoms with Gasteiger partial charge in [-0.2, -0.15) is 0 Å². The molecule has 2 rings (SSSR count). The van der Waals surface area contributed by atoms with Crippen LogP contribution in [0, 0.1) is 0 Å². The standard InChI is InChI=1S/C15H19NO5S/c1-11(17)12-3-5-14(6-4-12)21-9-15(18)16(2)13-7-8-22(19,20)10-13/h3-6,13H,7-10H2,1-2H3/t13-/m0/s1. The molecule has 120 valence electrons. The first-order chi connectivity index (χ1) is 10.3. The van der Waals surface area contributed by atoms with Gasteiger partial charge in [0.15, 0.2) is 22.2 Å². The molecule has 0 saturated carbocycles. The molecule has 0 spiro atoms. The Labute approximate surface area is 130 Å². The van der Waals surface area contributed by atoms with E-state index >= 15 is 0 Å². The maximum atomic E-state index is 12.0. The van der Waals surface area contributed by atoms with Crippen LogP contribution in [0.1, 0.15) is 23.7 Å². The summed E-state index contributed by atoms with van der Waals surface area (Å²) in [4.78, 5) is 24.6. The molecule has 0 unspecified atom stereocenters. The first-order valence-electron chi connectivity index (χ1n) is 6.98. The third-order valence-electron chi connectivity index (χ3n) is 3.77. The minimum absolute atomic E-state index is 0.0164. The summed E-state index contributed by atoms with van der Waals surface area (Å²) in [5, 5.41) is 0. The van der Waals surface area contributed by atoms with Crippen LogP contribution in [0.15, 0.2) is 24.3 Å². The molecule has 1 aromatic rings. The monoisotopic (exact) mass is 325 g/mol. The van der Waals surface area contributed by atoms with Gasteiger partial charge >= 0.3 is 0 Å². The van der Waals surface area contributed by atoms with Crippen molar-refractivity contribution in [3.63, 3.8) is 0 Å². The highest BCUT2D eigenvalue weighted by molar-refractivity contribution is 7.91. The number of hydrogen-bond acceptors (Lipinski definition) is 5. The molecule has 0 aliphatic carbocycles. The lowest BCUT2D eigenvalue weighted by molar-refractivity contribution is -0.133. The molecule has 0 N–H and O–H groups in total. The third kappa shape index (κ3) is 4.07. The predicted molar refractivity (Wildman–Crippen MR) is 81.8 cm³/mol. The third-order valence-corrected chi connectivity index (χ3v) is 5.52. The number of ketones is 1. The number of ether oxygens (including phenoxy) is 1. The van der Waals surface area contributed by atoms with E-state index in [1.807, 2.05) is 0 Å². The molecule has 22 heavy (non-hydrogen) atoms. The quantitative estimate of drug-likeness (QED) is 0.752. The number of carbonyl (C=O) groups excluding carboxylic acids is 2. The van der Waals surface area contributed by atoms with Gasteiger partial charge < -0.3 is 9.64 Å². The van der Waals surface area contributed by atoms with Crippen LogP contribution >= 0.6 is 0 Å². The zero-order valence-corrected chi connectivity index (χ0v) is 13.4. The van der Waals surface area contributed by atoms with Crippen molar-refractivity contribution in [2.24, 2.45) is 0 Å². The van der Waals surface area contributed by atoms with E-state index in [-0.39, 0.29) is 35.8 Å². The van der Waals surface area contributed by atoms with Crippen LogP contribution < -0.4 is 4.74 Å². The van der Waals surface area contributed by atoms with Gasteiger partial charge in [0.1, 0.15) is 5.75 Å². The number of likely N-dealkylation sites (N-methyl/N-ethyl adjacent to an activating group) is 1. The first-order valence-corrected chi connectivity index (χ1v) is 8.80. The number of sulfone groups is 1. The second-order valence-corrected chi connectivity index (χ2v) is 7.66. The highest BCUT2D eigenvalue weighted by Crippen LogP contribution is 2.17. The van der Waals surface area contributed by atoms with Gasteiger partial charge in [0.05, 0.1) is 11.5 Å². The second-order valence-electron chi connectivity index (χ2n) is 5.43. The molecule has 1 aliphatic rings. The molecule has 1 heterocycles. The number of nitrogens with zero attached hydrogens (tertiary/aromatic N) is 1. The summed E-state index contributed by atoms with van der Waals surface area (Å²) in [6.45, 7) is 1.32. The number of rotatable bonds is 5. The summed E-state index contributed by atoms with van der Waals surface area (Å²) < 4.78 is 28.3. The fourth-order valence-electron chi connectivity index (χ4n) is 2.32. The van der Waals surface area contributed by atoms with E-state index in [4.69, 9.17) is 4.74 Å². The Bertz CT molecular complexity index is 666. The summed E-state index contributed by atoms with van der Waals surface area (Å²) in [7, 11) is -1.43. The molecule has 0 aromatic heterocycles. The summed E-state index contributed by atoms with van der Waals surface area (Å²) >= 11 is 0. The SMILES string of the molecule is CC(=O)c1ccc(OCC(=O)N(C)[C@H]2CCS(=O)(=O)C2)cc1. The normalized spacial score (nSPS) is 19.6. The van der Waals surface area contributed by atoms with E-state index in [9.17, 15) is 18.0 Å². The van der Waals surface area contributed by atoms with Gasteiger partial charge in [-0.1, -0.05) is 0 Å². The lowest BCUT2D eigenvalue weighted by Gasteiger charge is -2.23. The summed E-state index contributed by atoms with van der Waals surface area (Å²) in [5.74, 6) is 0.332. The average molecular weight is 325 g/mol. The Morgan fingerprint density at radius 3 is 2.41 bits per heavy atom. The first kappa shape index (κ1) is 16.5. The lowest BCUT2D eigenvalue weighted by atomic mass is 10.1. The zero-order valence-electron chi connectivity index (χ0n) is 12.6. The van der Waals surface area contributed by atoms with E-state index in [1.165, 1.54) is 11.8 Å². The number of Topliss-reactive ketones (excluding diaryl/α,β-unsaturated/α-hetero) is 1. The number of carbonyl (C=O) groups is 2. The van der Waals surface area contributed by atoms with Crippen LogP contribution in [-0.2, 0) is 14.6 Å². The van der Waals surface area contributed by atoms with Crippen molar-refractivity contribution in [1.82, 2.24) is 4.90 Å². The second kappa shape index (κ2) is 6.48. The van der Waals surface area contributed by atoms with Gasteiger partial charge in [0.2, 0.25) is 0 Å². The van der Waals surface area contributed by atoms with Gasteiger partial charge in [-0.3, -0.25) is 9.59 Å². The summed E-state index contributed by atoms with van der Waals surface area (Å²) in [6.07, 6.45) is 0.470. The molecule has 1 aromatic carbocycles. The topological polar surface area (TPSA) is 80.8 Å². The number of hydrogen-bond donors (Lipinski definition) is 0. The van der Waals surface area contributed by atoms with E-state index in [0.717, 1.165) is 0 Å². The number of amides is 1. The van der Waals surface area contributed by atoms with Crippen molar-refractivity contribution >= 4 is 21.5 Å². The molecular formula is C15H19NO5S. The van der Waals surface area contributed by atoms with E-state index in [0.29, 0.717) is 17.7 Å². The van der Waals surface area contributed by atoms with Gasteiger partial charge in [0.25, 0.3) is 5.91 Å². The van der Waals surface area contributed by atoms with Crippen LogP contribution in [0.5, 0.6) is 5.75 Å². The fraction of sp³-hybridized carbons (Fsp3) is 0.467. The maximum Gasteiger partial charge on any atom is 0.260 e. The van der Waals surface area contributed by atoms with Crippen molar-refractivity contribution in [3.05, 3.63) is 29.8 Å². The van der Waals surface area contributed by atoms with Crippen LogP contribution in [-0.4, -0.2) is 56.2 Å². The highest BCUT2D eigenvalue weighted by Gasteiger charge is 2.32. The molecule has 1 fully saturated rings. The average Bonchev–Trinajstić information content (AvgIpc) is 2.84. The van der Waals surface area contributed by atoms with Gasteiger partial charge in [-0.05, 0) is 37.6 Å². The van der Waals surface area contributed by atoms with Crippen LogP contribution in [0.25, 0.3) is 0 Å². The lowest BCUT2D eigenvalue weighted by Crippen LogP contribution is -2.40. The molecule has 7 heteroatoms. The van der Waals surface area contributed by atoms with Crippen LogP contribution in [0.2, 0.25) is 0 Å². The molecular weight excluding hydrogens is 306 g/mol. The van der Waals surface area contributed by atoms with Crippen molar-refractivity contribution in [2.45, 2.75) is 19.4 Å².